The van der Waals surface area contributed by atoms with E-state index >= 15 is 0 Å². The first-order chi connectivity index (χ1) is 11.0. The zero-order chi connectivity index (χ0) is 16.6. The number of β-amino-alcohol motifs (C(OH)–C–C–N with tert-alkyl or cyclic N) is 1. The third-order valence-corrected chi connectivity index (χ3v) is 4.10. The van der Waals surface area contributed by atoms with Crippen molar-refractivity contribution in [3.05, 3.63) is 17.0 Å². The molecule has 0 aliphatic carbocycles. The topological polar surface area (TPSA) is 91.3 Å². The Balaban J connectivity index is 1.98. The lowest BCUT2D eigenvalue weighted by Crippen LogP contribution is -2.28. The van der Waals surface area contributed by atoms with E-state index in [4.69, 9.17) is 16.3 Å². The third kappa shape index (κ3) is 3.25. The number of carbonyl (C=O) groups excluding carboxylic acids is 1. The van der Waals surface area contributed by atoms with E-state index in [1.807, 2.05) is 11.8 Å². The maximum Gasteiger partial charge on any atom is 0.313 e. The average Bonchev–Trinajstić information content (AvgIpc) is 3.00. The molecule has 3 heterocycles. The molecule has 2 aromatic heterocycles. The lowest BCUT2D eigenvalue weighted by atomic mass is 10.2. The molecule has 0 saturated carbocycles. The van der Waals surface area contributed by atoms with Crippen LogP contribution < -0.4 is 4.90 Å². The van der Waals surface area contributed by atoms with Gasteiger partial charge in [0.1, 0.15) is 22.9 Å². The number of aromatic amines is 1. The Kier molecular flexibility index (Phi) is 4.41. The van der Waals surface area contributed by atoms with E-state index in [0.717, 1.165) is 0 Å². The van der Waals surface area contributed by atoms with Crippen LogP contribution in [0.2, 0.25) is 5.15 Å². The van der Waals surface area contributed by atoms with Crippen molar-refractivity contribution in [2.45, 2.75) is 38.8 Å². The molecule has 0 amide bonds. The van der Waals surface area contributed by atoms with Crippen LogP contribution in [-0.2, 0) is 16.0 Å². The van der Waals surface area contributed by atoms with Gasteiger partial charge in [-0.05, 0) is 20.3 Å². The summed E-state index contributed by atoms with van der Waals surface area (Å²) < 4.78 is 4.94. The van der Waals surface area contributed by atoms with Gasteiger partial charge in [-0.25, -0.2) is 9.97 Å². The zero-order valence-corrected chi connectivity index (χ0v) is 13.8. The normalized spacial score (nSPS) is 21.1. The number of carbonyl (C=O) groups is 1. The van der Waals surface area contributed by atoms with Crippen molar-refractivity contribution < 1.29 is 14.6 Å². The number of hydrogen-bond acceptors (Lipinski definition) is 6. The van der Waals surface area contributed by atoms with Crippen molar-refractivity contribution in [1.82, 2.24) is 15.0 Å². The Morgan fingerprint density at radius 1 is 1.57 bits per heavy atom. The molecule has 3 rings (SSSR count). The minimum Gasteiger partial charge on any atom is -0.466 e. The smallest absolute Gasteiger partial charge is 0.313 e. The largest absolute Gasteiger partial charge is 0.466 e. The SMILES string of the molecule is CCOC(=O)Cc1nc2c(N3C[C@@H](O)C[C@H]3C)nc(Cl)cc2[nH]1. The van der Waals surface area contributed by atoms with E-state index in [1.54, 1.807) is 13.0 Å². The Morgan fingerprint density at radius 3 is 3.00 bits per heavy atom. The van der Waals surface area contributed by atoms with E-state index in [9.17, 15) is 9.90 Å². The summed E-state index contributed by atoms with van der Waals surface area (Å²) in [6.07, 6.45) is 0.354. The number of anilines is 1. The molecule has 1 saturated heterocycles. The van der Waals surface area contributed by atoms with Gasteiger partial charge in [0.25, 0.3) is 0 Å². The minimum absolute atomic E-state index is 0.0672. The Hall–Kier alpha value is -1.86. The molecule has 0 aromatic carbocycles. The number of pyridine rings is 1. The van der Waals surface area contributed by atoms with Gasteiger partial charge in [0.05, 0.1) is 18.2 Å². The lowest BCUT2D eigenvalue weighted by molar-refractivity contribution is -0.142. The quantitative estimate of drug-likeness (QED) is 0.651. The minimum atomic E-state index is -0.390. The van der Waals surface area contributed by atoms with E-state index in [2.05, 4.69) is 15.0 Å². The van der Waals surface area contributed by atoms with Gasteiger partial charge >= 0.3 is 5.97 Å². The second-order valence-corrected chi connectivity index (χ2v) is 6.11. The molecule has 7 nitrogen and oxygen atoms in total. The molecule has 0 bridgehead atoms. The van der Waals surface area contributed by atoms with Crippen LogP contribution in [0.1, 0.15) is 26.1 Å². The van der Waals surface area contributed by atoms with Crippen LogP contribution in [0.25, 0.3) is 11.0 Å². The summed E-state index contributed by atoms with van der Waals surface area (Å²) in [5.41, 5.74) is 1.36. The fraction of sp³-hybridized carbons (Fsp3) is 0.533. The summed E-state index contributed by atoms with van der Waals surface area (Å²) >= 11 is 6.11. The van der Waals surface area contributed by atoms with Crippen LogP contribution in [0.15, 0.2) is 6.07 Å². The highest BCUT2D eigenvalue weighted by molar-refractivity contribution is 6.30. The summed E-state index contributed by atoms with van der Waals surface area (Å²) in [5, 5.41) is 10.2. The molecule has 0 radical (unpaired) electrons. The number of halogens is 1. The first kappa shape index (κ1) is 16.0. The first-order valence-corrected chi connectivity index (χ1v) is 8.01. The number of H-pyrrole nitrogens is 1. The predicted molar refractivity (Wildman–Crippen MR) is 86.7 cm³/mol. The highest BCUT2D eigenvalue weighted by Gasteiger charge is 2.30. The molecule has 0 spiro atoms. The number of aliphatic hydroxyl groups is 1. The number of aliphatic hydroxyl groups excluding tert-OH is 1. The molecule has 124 valence electrons. The van der Waals surface area contributed by atoms with Crippen LogP contribution in [0.3, 0.4) is 0 Å². The zero-order valence-electron chi connectivity index (χ0n) is 13.0. The van der Waals surface area contributed by atoms with E-state index in [1.165, 1.54) is 0 Å². The van der Waals surface area contributed by atoms with Crippen molar-refractivity contribution in [1.29, 1.82) is 0 Å². The van der Waals surface area contributed by atoms with Crippen LogP contribution in [-0.4, -0.2) is 51.3 Å². The summed E-state index contributed by atoms with van der Waals surface area (Å²) in [6, 6.07) is 1.82. The first-order valence-electron chi connectivity index (χ1n) is 7.63. The number of esters is 1. The second-order valence-electron chi connectivity index (χ2n) is 5.72. The van der Waals surface area contributed by atoms with Gasteiger partial charge in [-0.2, -0.15) is 0 Å². The number of imidazole rings is 1. The van der Waals surface area contributed by atoms with Crippen LogP contribution in [0.4, 0.5) is 5.82 Å². The van der Waals surface area contributed by atoms with Crippen LogP contribution >= 0.6 is 11.6 Å². The number of nitrogens with zero attached hydrogens (tertiary/aromatic N) is 3. The molecule has 1 fully saturated rings. The molecule has 0 unspecified atom stereocenters. The predicted octanol–water partition coefficient (Wildman–Crippen LogP) is 1.68. The molecule has 8 heteroatoms. The van der Waals surface area contributed by atoms with Gasteiger partial charge < -0.3 is 19.7 Å². The van der Waals surface area contributed by atoms with E-state index < -0.39 is 6.10 Å². The molecule has 1 aliphatic heterocycles. The number of fused-ring (bicyclic) bond motifs is 1. The molecule has 2 aromatic rings. The Morgan fingerprint density at radius 2 is 2.35 bits per heavy atom. The number of hydrogen-bond donors (Lipinski definition) is 2. The van der Waals surface area contributed by atoms with Gasteiger partial charge in [0.15, 0.2) is 5.82 Å². The number of rotatable bonds is 4. The van der Waals surface area contributed by atoms with E-state index in [0.29, 0.717) is 47.4 Å². The van der Waals surface area contributed by atoms with Crippen LogP contribution in [0.5, 0.6) is 0 Å². The van der Waals surface area contributed by atoms with Crippen molar-refractivity contribution in [2.24, 2.45) is 0 Å². The van der Waals surface area contributed by atoms with Crippen molar-refractivity contribution in [3.8, 4) is 0 Å². The van der Waals surface area contributed by atoms with Gasteiger partial charge in [0.2, 0.25) is 0 Å². The molecule has 23 heavy (non-hydrogen) atoms. The molecule has 1 aliphatic rings. The highest BCUT2D eigenvalue weighted by atomic mass is 35.5. The van der Waals surface area contributed by atoms with Gasteiger partial charge in [-0.3, -0.25) is 4.79 Å². The molecule has 2 N–H and O–H groups in total. The van der Waals surface area contributed by atoms with Crippen molar-refractivity contribution in [3.63, 3.8) is 0 Å². The maximum absolute atomic E-state index is 11.6. The number of aromatic nitrogens is 3. The highest BCUT2D eigenvalue weighted by Crippen LogP contribution is 2.31. The van der Waals surface area contributed by atoms with Gasteiger partial charge in [0, 0.05) is 18.7 Å². The fourth-order valence-corrected chi connectivity index (χ4v) is 3.14. The Bertz CT molecular complexity index is 733. The fourth-order valence-electron chi connectivity index (χ4n) is 2.95. The number of ether oxygens (including phenoxy) is 1. The summed E-state index contributed by atoms with van der Waals surface area (Å²) in [4.78, 5) is 25.6. The lowest BCUT2D eigenvalue weighted by Gasteiger charge is -2.22. The summed E-state index contributed by atoms with van der Waals surface area (Å²) in [5.74, 6) is 0.802. The van der Waals surface area contributed by atoms with Gasteiger partial charge in [-0.1, -0.05) is 11.6 Å². The van der Waals surface area contributed by atoms with Gasteiger partial charge in [-0.15, -0.1) is 0 Å². The molecular formula is C15H19ClN4O3. The number of nitrogens with one attached hydrogen (secondary N) is 1. The van der Waals surface area contributed by atoms with Crippen molar-refractivity contribution in [2.75, 3.05) is 18.1 Å². The monoisotopic (exact) mass is 338 g/mol. The summed E-state index contributed by atoms with van der Waals surface area (Å²) in [6.45, 7) is 4.61. The van der Waals surface area contributed by atoms with E-state index in [-0.39, 0.29) is 18.4 Å². The Labute approximate surface area is 138 Å². The maximum atomic E-state index is 11.6. The van der Waals surface area contributed by atoms with Crippen molar-refractivity contribution >= 4 is 34.4 Å². The molecule has 2 atom stereocenters. The summed E-state index contributed by atoms with van der Waals surface area (Å²) in [7, 11) is 0. The average molecular weight is 339 g/mol. The molecular weight excluding hydrogens is 320 g/mol. The third-order valence-electron chi connectivity index (χ3n) is 3.91. The standard InChI is InChI=1S/C15H19ClN4O3/c1-3-23-13(22)6-12-17-10-5-11(16)18-15(14(10)19-12)20-7-9(21)4-8(20)2/h5,8-9,21H,3-4,6-7H2,1-2H3,(H,17,19)/t8-,9+/m1/s1. The second kappa shape index (κ2) is 6.33. The van der Waals surface area contributed by atoms with Crippen LogP contribution in [0, 0.1) is 0 Å².